The van der Waals surface area contributed by atoms with Crippen molar-refractivity contribution in [3.8, 4) is 0 Å². The fourth-order valence-corrected chi connectivity index (χ4v) is 2.58. The Balaban J connectivity index is 2.00. The van der Waals surface area contributed by atoms with E-state index in [1.165, 1.54) is 5.56 Å². The summed E-state index contributed by atoms with van der Waals surface area (Å²) < 4.78 is 0. The molecule has 1 aromatic rings. The van der Waals surface area contributed by atoms with Crippen LogP contribution in [0.3, 0.4) is 0 Å². The van der Waals surface area contributed by atoms with Gasteiger partial charge in [0.25, 0.3) is 0 Å². The molecule has 3 heteroatoms. The second-order valence-electron chi connectivity index (χ2n) is 5.46. The first-order valence-electron chi connectivity index (χ1n) is 6.62. The molecule has 1 aliphatic heterocycles. The molecular weight excluding hydrogens is 224 g/mol. The molecule has 1 heterocycles. The lowest BCUT2D eigenvalue weighted by Crippen LogP contribution is -2.46. The third-order valence-electron chi connectivity index (χ3n) is 3.83. The normalized spacial score (nSPS) is 18.3. The van der Waals surface area contributed by atoms with Gasteiger partial charge in [-0.3, -0.25) is 4.79 Å². The minimum atomic E-state index is -0.186. The number of nitrogens with one attached hydrogen (secondary N) is 1. The molecule has 1 saturated heterocycles. The molecule has 1 aliphatic rings. The van der Waals surface area contributed by atoms with Gasteiger partial charge < -0.3 is 10.2 Å². The smallest absolute Gasteiger partial charge is 0.228 e. The Bertz CT molecular complexity index is 396. The minimum absolute atomic E-state index is 0.186. The molecule has 0 aromatic heterocycles. The predicted molar refractivity (Wildman–Crippen MR) is 73.1 cm³/mol. The molecule has 0 spiro atoms. The Morgan fingerprint density at radius 3 is 2.50 bits per heavy atom. The van der Waals surface area contributed by atoms with E-state index in [9.17, 15) is 4.79 Å². The molecule has 0 bridgehead atoms. The van der Waals surface area contributed by atoms with Crippen molar-refractivity contribution in [1.29, 1.82) is 0 Å². The first-order chi connectivity index (χ1) is 8.62. The van der Waals surface area contributed by atoms with Gasteiger partial charge in [-0.2, -0.15) is 0 Å². The van der Waals surface area contributed by atoms with Crippen LogP contribution in [0.4, 0.5) is 0 Å². The maximum absolute atomic E-state index is 12.5. The Morgan fingerprint density at radius 2 is 1.89 bits per heavy atom. The van der Waals surface area contributed by atoms with Crippen molar-refractivity contribution in [2.75, 3.05) is 20.1 Å². The molecule has 18 heavy (non-hydrogen) atoms. The molecule has 1 fully saturated rings. The number of amides is 1. The molecule has 0 radical (unpaired) electrons. The molecule has 0 aliphatic carbocycles. The van der Waals surface area contributed by atoms with Crippen molar-refractivity contribution in [2.24, 2.45) is 5.41 Å². The van der Waals surface area contributed by atoms with Gasteiger partial charge in [0.15, 0.2) is 0 Å². The lowest BCUT2D eigenvalue weighted by atomic mass is 9.79. The number of benzene rings is 1. The van der Waals surface area contributed by atoms with Crippen molar-refractivity contribution in [2.45, 2.75) is 26.3 Å². The number of nitrogens with zero attached hydrogens (tertiary/aromatic N) is 1. The molecule has 1 aromatic carbocycles. The Labute approximate surface area is 109 Å². The first kappa shape index (κ1) is 13.1. The van der Waals surface area contributed by atoms with E-state index >= 15 is 0 Å². The van der Waals surface area contributed by atoms with E-state index in [0.29, 0.717) is 6.54 Å². The van der Waals surface area contributed by atoms with Crippen molar-refractivity contribution in [3.63, 3.8) is 0 Å². The van der Waals surface area contributed by atoms with Crippen LogP contribution < -0.4 is 5.32 Å². The van der Waals surface area contributed by atoms with Crippen LogP contribution >= 0.6 is 0 Å². The van der Waals surface area contributed by atoms with Crippen LogP contribution in [-0.4, -0.2) is 30.9 Å². The Hall–Kier alpha value is -1.35. The molecule has 3 nitrogen and oxygen atoms in total. The highest BCUT2D eigenvalue weighted by molar-refractivity contribution is 5.82. The van der Waals surface area contributed by atoms with Crippen molar-refractivity contribution in [1.82, 2.24) is 10.2 Å². The van der Waals surface area contributed by atoms with Crippen molar-refractivity contribution < 1.29 is 4.79 Å². The van der Waals surface area contributed by atoms with Gasteiger partial charge >= 0.3 is 0 Å². The molecule has 0 atom stereocenters. The molecule has 0 unspecified atom stereocenters. The topological polar surface area (TPSA) is 32.3 Å². The van der Waals surface area contributed by atoms with Crippen LogP contribution in [0.2, 0.25) is 0 Å². The van der Waals surface area contributed by atoms with Crippen LogP contribution in [0.5, 0.6) is 0 Å². The van der Waals surface area contributed by atoms with Gasteiger partial charge in [-0.05, 0) is 31.5 Å². The van der Waals surface area contributed by atoms with Crippen LogP contribution in [0.25, 0.3) is 0 Å². The van der Waals surface area contributed by atoms with E-state index in [4.69, 9.17) is 0 Å². The highest BCUT2D eigenvalue weighted by Crippen LogP contribution is 2.30. The number of piperidine rings is 1. The summed E-state index contributed by atoms with van der Waals surface area (Å²) in [7, 11) is 1.91. The summed E-state index contributed by atoms with van der Waals surface area (Å²) in [5.41, 5.74) is 1.00. The van der Waals surface area contributed by atoms with E-state index in [1.807, 2.05) is 30.1 Å². The van der Waals surface area contributed by atoms with Gasteiger partial charge in [0.1, 0.15) is 0 Å². The van der Waals surface area contributed by atoms with Gasteiger partial charge in [-0.1, -0.05) is 37.3 Å². The zero-order valence-electron chi connectivity index (χ0n) is 11.3. The maximum atomic E-state index is 12.5. The van der Waals surface area contributed by atoms with Crippen LogP contribution in [0, 0.1) is 5.41 Å². The summed E-state index contributed by atoms with van der Waals surface area (Å²) in [4.78, 5) is 14.4. The Kier molecular flexibility index (Phi) is 4.02. The molecule has 1 N–H and O–H groups in total. The number of carbonyl (C=O) groups is 1. The number of hydrogen-bond donors (Lipinski definition) is 1. The van der Waals surface area contributed by atoms with E-state index in [0.717, 1.165) is 25.9 Å². The fourth-order valence-electron chi connectivity index (χ4n) is 2.58. The lowest BCUT2D eigenvalue weighted by molar-refractivity contribution is -0.141. The maximum Gasteiger partial charge on any atom is 0.228 e. The molecule has 1 amide bonds. The number of rotatable bonds is 3. The number of carbonyl (C=O) groups excluding carboxylic acids is 1. The van der Waals surface area contributed by atoms with E-state index in [2.05, 4.69) is 24.4 Å². The van der Waals surface area contributed by atoms with Gasteiger partial charge in [-0.15, -0.1) is 0 Å². The van der Waals surface area contributed by atoms with Crippen LogP contribution in [0.15, 0.2) is 30.3 Å². The summed E-state index contributed by atoms with van der Waals surface area (Å²) in [6, 6.07) is 10.2. The van der Waals surface area contributed by atoms with Gasteiger partial charge in [0, 0.05) is 19.0 Å². The van der Waals surface area contributed by atoms with Crippen molar-refractivity contribution >= 4 is 5.91 Å². The molecule has 2 rings (SSSR count). The molecule has 98 valence electrons. The van der Waals surface area contributed by atoms with E-state index < -0.39 is 0 Å². The molecule has 0 saturated carbocycles. The van der Waals surface area contributed by atoms with Crippen molar-refractivity contribution in [3.05, 3.63) is 35.9 Å². The summed E-state index contributed by atoms with van der Waals surface area (Å²) in [6.07, 6.45) is 1.87. The lowest BCUT2D eigenvalue weighted by Gasteiger charge is -2.36. The zero-order valence-corrected chi connectivity index (χ0v) is 11.3. The van der Waals surface area contributed by atoms with Gasteiger partial charge in [0.2, 0.25) is 5.91 Å². The fraction of sp³-hybridized carbons (Fsp3) is 0.533. The van der Waals surface area contributed by atoms with Crippen LogP contribution in [0.1, 0.15) is 25.3 Å². The van der Waals surface area contributed by atoms with Gasteiger partial charge in [-0.25, -0.2) is 0 Å². The summed E-state index contributed by atoms with van der Waals surface area (Å²) in [6.45, 7) is 4.68. The largest absolute Gasteiger partial charge is 0.341 e. The second-order valence-corrected chi connectivity index (χ2v) is 5.46. The second kappa shape index (κ2) is 5.53. The minimum Gasteiger partial charge on any atom is -0.341 e. The summed E-state index contributed by atoms with van der Waals surface area (Å²) in [5, 5.41) is 3.31. The van der Waals surface area contributed by atoms with E-state index in [-0.39, 0.29) is 11.3 Å². The van der Waals surface area contributed by atoms with Crippen LogP contribution in [-0.2, 0) is 11.3 Å². The predicted octanol–water partition coefficient (Wildman–Crippen LogP) is 2.03. The average molecular weight is 246 g/mol. The first-order valence-corrected chi connectivity index (χ1v) is 6.62. The Morgan fingerprint density at radius 1 is 1.28 bits per heavy atom. The van der Waals surface area contributed by atoms with Gasteiger partial charge in [0.05, 0.1) is 0 Å². The zero-order chi connectivity index (χ0) is 13.0. The summed E-state index contributed by atoms with van der Waals surface area (Å²) >= 11 is 0. The standard InChI is InChI=1S/C15H22N2O/c1-15(8-10-16-11-9-15)14(18)17(2)12-13-6-4-3-5-7-13/h3-7,16H,8-12H2,1-2H3. The SMILES string of the molecule is CN(Cc1ccccc1)C(=O)C1(C)CCNCC1. The highest BCUT2D eigenvalue weighted by atomic mass is 16.2. The molecular formula is C15H22N2O. The quantitative estimate of drug-likeness (QED) is 0.885. The third kappa shape index (κ3) is 2.91. The summed E-state index contributed by atoms with van der Waals surface area (Å²) in [5.74, 6) is 0.271. The number of hydrogen-bond acceptors (Lipinski definition) is 2. The average Bonchev–Trinajstić information content (AvgIpc) is 2.40. The van der Waals surface area contributed by atoms with E-state index in [1.54, 1.807) is 0 Å². The third-order valence-corrected chi connectivity index (χ3v) is 3.83. The monoisotopic (exact) mass is 246 g/mol. The highest BCUT2D eigenvalue weighted by Gasteiger charge is 2.36.